The Morgan fingerprint density at radius 2 is 1.76 bits per heavy atom. The summed E-state index contributed by atoms with van der Waals surface area (Å²) in [6.07, 6.45) is 4.53. The van der Waals surface area contributed by atoms with E-state index in [-0.39, 0.29) is 0 Å². The summed E-state index contributed by atoms with van der Waals surface area (Å²) in [6, 6.07) is 6.43. The molecule has 0 unspecified atom stereocenters. The highest BCUT2D eigenvalue weighted by molar-refractivity contribution is 5.76. The number of anilines is 1. The van der Waals surface area contributed by atoms with Crippen LogP contribution in [-0.2, 0) is 0 Å². The van der Waals surface area contributed by atoms with Crippen LogP contribution in [0.1, 0.15) is 62.3 Å². The lowest BCUT2D eigenvalue weighted by Gasteiger charge is -2.14. The van der Waals surface area contributed by atoms with Gasteiger partial charge in [-0.05, 0) is 43.4 Å². The van der Waals surface area contributed by atoms with Crippen molar-refractivity contribution in [2.24, 2.45) is 0 Å². The van der Waals surface area contributed by atoms with Crippen LogP contribution in [0.25, 0.3) is 11.1 Å². The van der Waals surface area contributed by atoms with Gasteiger partial charge in [-0.25, -0.2) is 0 Å². The third-order valence-corrected chi connectivity index (χ3v) is 4.20. The van der Waals surface area contributed by atoms with Gasteiger partial charge in [0.1, 0.15) is 0 Å². The van der Waals surface area contributed by atoms with E-state index in [4.69, 9.17) is 10.3 Å². The predicted octanol–water partition coefficient (Wildman–Crippen LogP) is 5.22. The number of benzene rings is 1. The highest BCUT2D eigenvalue weighted by Crippen LogP contribution is 2.38. The van der Waals surface area contributed by atoms with Crippen LogP contribution in [0.5, 0.6) is 0 Å². The molecule has 0 radical (unpaired) electrons. The Labute approximate surface area is 127 Å². The first-order chi connectivity index (χ1) is 10.1. The zero-order valence-electron chi connectivity index (χ0n) is 13.6. The highest BCUT2D eigenvalue weighted by Gasteiger charge is 2.23. The first kappa shape index (κ1) is 15.6. The van der Waals surface area contributed by atoms with Gasteiger partial charge in [0, 0.05) is 5.92 Å². The van der Waals surface area contributed by atoms with Gasteiger partial charge in [-0.1, -0.05) is 50.0 Å². The second-order valence-electron chi connectivity index (χ2n) is 5.88. The zero-order chi connectivity index (χ0) is 15.4. The second-order valence-corrected chi connectivity index (χ2v) is 5.88. The first-order valence-corrected chi connectivity index (χ1v) is 7.91. The molecule has 0 aliphatic carbocycles. The van der Waals surface area contributed by atoms with E-state index in [0.29, 0.717) is 11.8 Å². The quantitative estimate of drug-likeness (QED) is 0.791. The fourth-order valence-electron chi connectivity index (χ4n) is 2.90. The normalized spacial score (nSPS) is 11.3. The number of nitrogens with zero attached hydrogens (tertiary/aromatic N) is 1. The van der Waals surface area contributed by atoms with Gasteiger partial charge in [0.2, 0.25) is 5.88 Å². The molecule has 0 saturated carbocycles. The number of hydrogen-bond donors (Lipinski definition) is 1. The van der Waals surface area contributed by atoms with E-state index < -0.39 is 0 Å². The highest BCUT2D eigenvalue weighted by atomic mass is 16.5. The van der Waals surface area contributed by atoms with Gasteiger partial charge in [-0.15, -0.1) is 0 Å². The number of nitrogen functional groups attached to an aromatic ring is 1. The molecule has 0 fully saturated rings. The van der Waals surface area contributed by atoms with Crippen LogP contribution in [0.4, 0.5) is 5.88 Å². The first-order valence-electron chi connectivity index (χ1n) is 7.91. The summed E-state index contributed by atoms with van der Waals surface area (Å²) in [5, 5.41) is 4.28. The Morgan fingerprint density at radius 1 is 1.10 bits per heavy atom. The topological polar surface area (TPSA) is 52.0 Å². The van der Waals surface area contributed by atoms with E-state index >= 15 is 0 Å². The van der Waals surface area contributed by atoms with Gasteiger partial charge in [0.15, 0.2) is 0 Å². The van der Waals surface area contributed by atoms with Crippen molar-refractivity contribution >= 4 is 5.88 Å². The van der Waals surface area contributed by atoms with Crippen molar-refractivity contribution in [1.82, 2.24) is 5.16 Å². The Bertz CT molecular complexity index is 595. The summed E-state index contributed by atoms with van der Waals surface area (Å²) < 4.78 is 5.32. The van der Waals surface area contributed by atoms with Crippen LogP contribution in [0.3, 0.4) is 0 Å². The van der Waals surface area contributed by atoms with Crippen LogP contribution in [0.15, 0.2) is 22.7 Å². The van der Waals surface area contributed by atoms with Gasteiger partial charge in [-0.3, -0.25) is 0 Å². The predicted molar refractivity (Wildman–Crippen MR) is 88.4 cm³/mol. The van der Waals surface area contributed by atoms with Gasteiger partial charge in [0.05, 0.1) is 11.3 Å². The molecule has 1 aromatic heterocycles. The largest absolute Gasteiger partial charge is 0.367 e. The van der Waals surface area contributed by atoms with Crippen molar-refractivity contribution in [2.45, 2.75) is 59.3 Å². The van der Waals surface area contributed by atoms with Gasteiger partial charge < -0.3 is 10.3 Å². The van der Waals surface area contributed by atoms with Crippen molar-refractivity contribution in [3.05, 3.63) is 35.0 Å². The van der Waals surface area contributed by atoms with Crippen molar-refractivity contribution in [3.8, 4) is 11.1 Å². The molecule has 0 spiro atoms. The summed E-state index contributed by atoms with van der Waals surface area (Å²) in [7, 11) is 0. The van der Waals surface area contributed by atoms with E-state index in [1.54, 1.807) is 0 Å². The fraction of sp³-hybridized carbons (Fsp3) is 0.500. The molecule has 1 heterocycles. The Balaban J connectivity index is 2.47. The Kier molecular flexibility index (Phi) is 5.05. The molecule has 2 aromatic rings. The average Bonchev–Trinajstić information content (AvgIpc) is 2.83. The Morgan fingerprint density at radius 3 is 2.33 bits per heavy atom. The number of nitrogens with two attached hydrogens (primary N) is 1. The molecule has 3 heteroatoms. The van der Waals surface area contributed by atoms with Crippen LogP contribution < -0.4 is 5.73 Å². The third kappa shape index (κ3) is 3.29. The summed E-state index contributed by atoms with van der Waals surface area (Å²) >= 11 is 0. The minimum atomic E-state index is 0.428. The maximum atomic E-state index is 6.06. The monoisotopic (exact) mass is 286 g/mol. The standard InChI is InChI=1S/C18H26N2O/c1-5-7-14(8-6-2)17-16(18(19)21-20-17)15-10-9-12(3)13(4)11-15/h9-11,14H,5-8,19H2,1-4H3. The lowest BCUT2D eigenvalue weighted by Crippen LogP contribution is -2.01. The van der Waals surface area contributed by atoms with Crippen molar-refractivity contribution in [2.75, 3.05) is 5.73 Å². The molecule has 0 saturated heterocycles. The molecule has 3 nitrogen and oxygen atoms in total. The molecule has 21 heavy (non-hydrogen) atoms. The minimum Gasteiger partial charge on any atom is -0.367 e. The third-order valence-electron chi connectivity index (χ3n) is 4.20. The average molecular weight is 286 g/mol. The maximum absolute atomic E-state index is 6.06. The number of rotatable bonds is 6. The van der Waals surface area contributed by atoms with Crippen LogP contribution in [-0.4, -0.2) is 5.16 Å². The Hall–Kier alpha value is -1.77. The summed E-state index contributed by atoms with van der Waals surface area (Å²) in [5.41, 5.74) is 11.7. The molecule has 114 valence electrons. The van der Waals surface area contributed by atoms with E-state index in [1.165, 1.54) is 11.1 Å². The molecule has 1 aromatic carbocycles. The fourth-order valence-corrected chi connectivity index (χ4v) is 2.90. The molecular weight excluding hydrogens is 260 g/mol. The molecule has 2 rings (SSSR count). The second kappa shape index (κ2) is 6.79. The summed E-state index contributed by atoms with van der Waals surface area (Å²) in [4.78, 5) is 0. The van der Waals surface area contributed by atoms with E-state index in [0.717, 1.165) is 42.5 Å². The summed E-state index contributed by atoms with van der Waals surface area (Å²) in [6.45, 7) is 8.66. The molecule has 0 amide bonds. The van der Waals surface area contributed by atoms with E-state index in [9.17, 15) is 0 Å². The SMILES string of the molecule is CCCC(CCC)c1noc(N)c1-c1ccc(C)c(C)c1. The van der Waals surface area contributed by atoms with E-state index in [1.807, 2.05) is 0 Å². The van der Waals surface area contributed by atoms with Crippen molar-refractivity contribution < 1.29 is 4.52 Å². The number of hydrogen-bond acceptors (Lipinski definition) is 3. The number of aryl methyl sites for hydroxylation is 2. The van der Waals surface area contributed by atoms with Crippen LogP contribution in [0.2, 0.25) is 0 Å². The van der Waals surface area contributed by atoms with Gasteiger partial charge >= 0.3 is 0 Å². The number of aromatic nitrogens is 1. The van der Waals surface area contributed by atoms with Gasteiger partial charge in [0.25, 0.3) is 0 Å². The molecule has 2 N–H and O–H groups in total. The van der Waals surface area contributed by atoms with Crippen molar-refractivity contribution in [1.29, 1.82) is 0 Å². The van der Waals surface area contributed by atoms with Gasteiger partial charge in [-0.2, -0.15) is 0 Å². The molecule has 0 aliphatic rings. The smallest absolute Gasteiger partial charge is 0.230 e. The molecule has 0 aliphatic heterocycles. The lowest BCUT2D eigenvalue weighted by atomic mass is 9.89. The zero-order valence-corrected chi connectivity index (χ0v) is 13.6. The lowest BCUT2D eigenvalue weighted by molar-refractivity contribution is 0.411. The van der Waals surface area contributed by atoms with Crippen molar-refractivity contribution in [3.63, 3.8) is 0 Å². The van der Waals surface area contributed by atoms with Crippen LogP contribution >= 0.6 is 0 Å². The summed E-state index contributed by atoms with van der Waals surface area (Å²) in [5.74, 6) is 0.864. The molecule has 0 atom stereocenters. The molecule has 0 bridgehead atoms. The van der Waals surface area contributed by atoms with Crippen LogP contribution in [0, 0.1) is 13.8 Å². The maximum Gasteiger partial charge on any atom is 0.230 e. The minimum absolute atomic E-state index is 0.428. The molecular formula is C18H26N2O. The van der Waals surface area contributed by atoms with E-state index in [2.05, 4.69) is 51.1 Å².